The van der Waals surface area contributed by atoms with E-state index in [1.54, 1.807) is 19.8 Å². The number of hydrogen-bond acceptors (Lipinski definition) is 4. The van der Waals surface area contributed by atoms with Crippen LogP contribution in [-0.2, 0) is 16.0 Å². The molecule has 9 heteroatoms. The number of carbonyl (C=O) groups is 1. The predicted octanol–water partition coefficient (Wildman–Crippen LogP) is 5.80. The third-order valence-electron chi connectivity index (χ3n) is 5.00. The number of esters is 1. The first-order valence-electron chi connectivity index (χ1n) is 10.2. The summed E-state index contributed by atoms with van der Waals surface area (Å²) >= 11 is 5.99. The SMILES string of the molecule is CCOC(=O)[C@H](CN=[N+]=[N-])C[C@H](CB(C)O)Cc1ccc(-c2cc(Cl)ccc2F)cc1. The Morgan fingerprint density at radius 1 is 1.32 bits per heavy atom. The zero-order chi connectivity index (χ0) is 22.8. The fourth-order valence-corrected chi connectivity index (χ4v) is 3.83. The molecule has 2 atom stereocenters. The maximum atomic E-state index is 14.1. The molecular weight excluding hydrogens is 420 g/mol. The van der Waals surface area contributed by atoms with Crippen LogP contribution in [0.1, 0.15) is 18.9 Å². The highest BCUT2D eigenvalue weighted by Gasteiger charge is 2.25. The first-order valence-corrected chi connectivity index (χ1v) is 10.6. The number of azide groups is 1. The molecule has 2 aromatic carbocycles. The van der Waals surface area contributed by atoms with Crippen molar-refractivity contribution in [2.45, 2.75) is 32.9 Å². The molecule has 0 spiro atoms. The summed E-state index contributed by atoms with van der Waals surface area (Å²) in [6, 6.07) is 11.9. The van der Waals surface area contributed by atoms with Gasteiger partial charge >= 0.3 is 5.97 Å². The lowest BCUT2D eigenvalue weighted by molar-refractivity contribution is -0.148. The van der Waals surface area contributed by atoms with Gasteiger partial charge in [-0.3, -0.25) is 4.79 Å². The fourth-order valence-electron chi connectivity index (χ4n) is 3.66. The number of halogens is 2. The number of nitrogens with zero attached hydrogens (tertiary/aromatic N) is 3. The third-order valence-corrected chi connectivity index (χ3v) is 5.23. The van der Waals surface area contributed by atoms with Gasteiger partial charge in [0.1, 0.15) is 5.82 Å². The molecule has 2 aromatic rings. The Kier molecular flexibility index (Phi) is 9.85. The topological polar surface area (TPSA) is 95.3 Å². The summed E-state index contributed by atoms with van der Waals surface area (Å²) in [7, 11) is 0. The number of benzene rings is 2. The van der Waals surface area contributed by atoms with E-state index in [-0.39, 0.29) is 24.9 Å². The number of carbonyl (C=O) groups excluding carboxylic acids is 1. The van der Waals surface area contributed by atoms with Gasteiger partial charge in [0.05, 0.1) is 12.5 Å². The van der Waals surface area contributed by atoms with Crippen molar-refractivity contribution in [1.29, 1.82) is 0 Å². The van der Waals surface area contributed by atoms with Gasteiger partial charge in [0.2, 0.25) is 0 Å². The zero-order valence-electron chi connectivity index (χ0n) is 17.7. The van der Waals surface area contributed by atoms with Crippen LogP contribution in [0.3, 0.4) is 0 Å². The van der Waals surface area contributed by atoms with Crippen LogP contribution < -0.4 is 0 Å². The van der Waals surface area contributed by atoms with Gasteiger partial charge < -0.3 is 9.76 Å². The summed E-state index contributed by atoms with van der Waals surface area (Å²) in [5, 5.41) is 13.9. The highest BCUT2D eigenvalue weighted by atomic mass is 35.5. The molecule has 0 aliphatic rings. The summed E-state index contributed by atoms with van der Waals surface area (Å²) in [6.07, 6.45) is 1.51. The predicted molar refractivity (Wildman–Crippen MR) is 121 cm³/mol. The molecule has 2 rings (SSSR count). The van der Waals surface area contributed by atoms with Crippen LogP contribution in [0.25, 0.3) is 21.6 Å². The van der Waals surface area contributed by atoms with Crippen molar-refractivity contribution in [1.82, 2.24) is 0 Å². The Bertz CT molecular complexity index is 921. The fraction of sp³-hybridized carbons (Fsp3) is 0.409. The molecule has 0 heterocycles. The molecule has 0 bridgehead atoms. The summed E-state index contributed by atoms with van der Waals surface area (Å²) in [5.74, 6) is -1.35. The Hall–Kier alpha value is -2.54. The van der Waals surface area contributed by atoms with E-state index in [4.69, 9.17) is 21.9 Å². The minimum atomic E-state index is -0.570. The zero-order valence-corrected chi connectivity index (χ0v) is 18.4. The van der Waals surface area contributed by atoms with Crippen LogP contribution in [-0.4, -0.2) is 31.1 Å². The molecule has 1 N–H and O–H groups in total. The van der Waals surface area contributed by atoms with E-state index < -0.39 is 18.8 Å². The van der Waals surface area contributed by atoms with Gasteiger partial charge in [-0.05, 0) is 66.9 Å². The largest absolute Gasteiger partial charge is 0.466 e. The van der Waals surface area contributed by atoms with E-state index in [0.717, 1.165) is 5.56 Å². The van der Waals surface area contributed by atoms with E-state index >= 15 is 0 Å². The van der Waals surface area contributed by atoms with Gasteiger partial charge in [-0.15, -0.1) is 0 Å². The number of rotatable bonds is 11. The van der Waals surface area contributed by atoms with Crippen molar-refractivity contribution in [2.75, 3.05) is 13.2 Å². The van der Waals surface area contributed by atoms with Crippen molar-refractivity contribution in [3.63, 3.8) is 0 Å². The molecule has 0 fully saturated rings. The summed E-state index contributed by atoms with van der Waals surface area (Å²) in [4.78, 5) is 15.0. The lowest BCUT2D eigenvalue weighted by Gasteiger charge is -2.22. The monoisotopic (exact) mass is 445 g/mol. The quantitative estimate of drug-likeness (QED) is 0.156. The second kappa shape index (κ2) is 12.4. The van der Waals surface area contributed by atoms with E-state index in [9.17, 15) is 14.2 Å². The first kappa shape index (κ1) is 24.7. The minimum Gasteiger partial charge on any atom is -0.466 e. The van der Waals surface area contributed by atoms with Crippen LogP contribution in [0.5, 0.6) is 0 Å². The lowest BCUT2D eigenvalue weighted by atomic mass is 9.62. The van der Waals surface area contributed by atoms with E-state index in [1.165, 1.54) is 12.1 Å². The van der Waals surface area contributed by atoms with Gasteiger partial charge in [-0.1, -0.05) is 47.8 Å². The normalized spacial score (nSPS) is 12.5. The molecule has 0 aliphatic carbocycles. The molecule has 0 radical (unpaired) electrons. The highest BCUT2D eigenvalue weighted by molar-refractivity contribution is 6.48. The molecule has 0 aromatic heterocycles. The maximum Gasteiger partial charge on any atom is 0.309 e. The molecule has 31 heavy (non-hydrogen) atoms. The van der Waals surface area contributed by atoms with Crippen LogP contribution in [0.15, 0.2) is 47.6 Å². The molecule has 0 aliphatic heterocycles. The number of hydrogen-bond donors (Lipinski definition) is 1. The smallest absolute Gasteiger partial charge is 0.309 e. The van der Waals surface area contributed by atoms with Gasteiger partial charge in [0.25, 0.3) is 6.92 Å². The molecule has 0 unspecified atom stereocenters. The minimum absolute atomic E-state index is 0.0125. The summed E-state index contributed by atoms with van der Waals surface area (Å²) < 4.78 is 19.2. The van der Waals surface area contributed by atoms with Gasteiger partial charge in [0, 0.05) is 22.0 Å². The Morgan fingerprint density at radius 3 is 2.65 bits per heavy atom. The van der Waals surface area contributed by atoms with Crippen LogP contribution in [0.4, 0.5) is 4.39 Å². The average Bonchev–Trinajstić information content (AvgIpc) is 2.73. The van der Waals surface area contributed by atoms with Gasteiger partial charge in [-0.25, -0.2) is 4.39 Å². The average molecular weight is 446 g/mol. The van der Waals surface area contributed by atoms with Crippen LogP contribution in [0.2, 0.25) is 18.2 Å². The second-order valence-corrected chi connectivity index (χ2v) is 8.01. The summed E-state index contributed by atoms with van der Waals surface area (Å²) in [5.41, 5.74) is 10.8. The van der Waals surface area contributed by atoms with Gasteiger partial charge in [-0.2, -0.15) is 0 Å². The molecular formula is C22H26BClFN3O3. The molecule has 0 saturated heterocycles. The Labute approximate surface area is 187 Å². The van der Waals surface area contributed by atoms with E-state index in [2.05, 4.69) is 10.0 Å². The Morgan fingerprint density at radius 2 is 2.03 bits per heavy atom. The standard InChI is InChI=1S/C22H26BClFN3O3/c1-3-31-22(29)18(14-27-28-26)11-16(13-23(2)30)10-15-4-6-17(7-5-15)20-12-19(24)8-9-21(20)25/h4-9,12,16,18,30H,3,10-11,13-14H2,1-2H3/t16-,18+/m1/s1. The summed E-state index contributed by atoms with van der Waals surface area (Å²) in [6.45, 7) is 3.13. The molecule has 164 valence electrons. The lowest BCUT2D eigenvalue weighted by Crippen LogP contribution is -2.26. The molecule has 0 amide bonds. The van der Waals surface area contributed by atoms with Crippen LogP contribution in [0, 0.1) is 17.7 Å². The van der Waals surface area contributed by atoms with E-state index in [0.29, 0.717) is 35.3 Å². The maximum absolute atomic E-state index is 14.1. The van der Waals surface area contributed by atoms with Crippen molar-refractivity contribution >= 4 is 24.5 Å². The van der Waals surface area contributed by atoms with E-state index in [1.807, 2.05) is 24.3 Å². The second-order valence-electron chi connectivity index (χ2n) is 7.57. The van der Waals surface area contributed by atoms with Crippen molar-refractivity contribution in [3.05, 3.63) is 69.3 Å². The van der Waals surface area contributed by atoms with Crippen LogP contribution >= 0.6 is 11.6 Å². The van der Waals surface area contributed by atoms with Crippen molar-refractivity contribution in [2.24, 2.45) is 17.0 Å². The Balaban J connectivity index is 2.18. The van der Waals surface area contributed by atoms with Crippen molar-refractivity contribution in [3.8, 4) is 11.1 Å². The van der Waals surface area contributed by atoms with Gasteiger partial charge in [0.15, 0.2) is 0 Å². The molecule has 6 nitrogen and oxygen atoms in total. The third kappa shape index (κ3) is 7.91. The highest BCUT2D eigenvalue weighted by Crippen LogP contribution is 2.28. The first-order chi connectivity index (χ1) is 14.8. The van der Waals surface area contributed by atoms with Crippen molar-refractivity contribution < 1.29 is 18.9 Å². The molecule has 0 saturated carbocycles. The number of ether oxygens (including phenoxy) is 1.